The lowest BCUT2D eigenvalue weighted by molar-refractivity contribution is -0.161. The van der Waals surface area contributed by atoms with E-state index in [4.69, 9.17) is 9.47 Å². The highest BCUT2D eigenvalue weighted by molar-refractivity contribution is 5.73. The summed E-state index contributed by atoms with van der Waals surface area (Å²) in [6.07, 6.45) is 1.20. The fraction of sp³-hybridized carbons (Fsp3) is 0.579. The Morgan fingerprint density at radius 2 is 1.71 bits per heavy atom. The van der Waals surface area contributed by atoms with Gasteiger partial charge in [0.05, 0.1) is 6.42 Å². The summed E-state index contributed by atoms with van der Waals surface area (Å²) in [5, 5.41) is 0. The first kappa shape index (κ1) is 18.3. The lowest BCUT2D eigenvalue weighted by Gasteiger charge is -2.39. The molecule has 0 atom stereocenters. The summed E-state index contributed by atoms with van der Waals surface area (Å²) < 4.78 is 11.1. The van der Waals surface area contributed by atoms with E-state index >= 15 is 0 Å². The number of carbonyl (C=O) groups excluding carboxylic acids is 2. The first-order valence-corrected chi connectivity index (χ1v) is 8.41. The number of nitrogens with zero attached hydrogens (tertiary/aromatic N) is 1. The van der Waals surface area contributed by atoms with Crippen molar-refractivity contribution in [3.8, 4) is 0 Å². The van der Waals surface area contributed by atoms with Crippen LogP contribution >= 0.6 is 0 Å². The van der Waals surface area contributed by atoms with Gasteiger partial charge in [0, 0.05) is 25.9 Å². The summed E-state index contributed by atoms with van der Waals surface area (Å²) in [6.45, 7) is 8.55. The zero-order valence-corrected chi connectivity index (χ0v) is 15.0. The van der Waals surface area contributed by atoms with E-state index in [1.807, 2.05) is 58.0 Å². The van der Waals surface area contributed by atoms with Gasteiger partial charge in [-0.2, -0.15) is 0 Å². The van der Waals surface area contributed by atoms with Crippen molar-refractivity contribution in [2.24, 2.45) is 0 Å². The second-order valence-electron chi connectivity index (χ2n) is 7.55. The average Bonchev–Trinajstić information content (AvgIpc) is 2.46. The highest BCUT2D eigenvalue weighted by atomic mass is 16.6. The number of rotatable bonds is 3. The quantitative estimate of drug-likeness (QED) is 0.794. The van der Waals surface area contributed by atoms with E-state index in [1.165, 1.54) is 0 Å². The standard InChI is InChI=1S/C19H27NO4/c1-18(2,3)24-17(22)20-12-10-19(4,11-13-20)23-16(21)14-15-8-6-5-7-9-15/h5-9H,10-14H2,1-4H3. The van der Waals surface area contributed by atoms with Gasteiger partial charge in [-0.1, -0.05) is 30.3 Å². The number of hydrogen-bond donors (Lipinski definition) is 0. The summed E-state index contributed by atoms with van der Waals surface area (Å²) >= 11 is 0. The number of carbonyl (C=O) groups is 2. The molecule has 0 unspecified atom stereocenters. The molecule has 1 aliphatic rings. The maximum absolute atomic E-state index is 12.2. The normalized spacial score (nSPS) is 17.2. The Hall–Kier alpha value is -2.04. The van der Waals surface area contributed by atoms with Gasteiger partial charge in [-0.25, -0.2) is 4.79 Å². The molecule has 1 aromatic carbocycles. The Morgan fingerprint density at radius 3 is 2.25 bits per heavy atom. The number of amides is 1. The zero-order valence-electron chi connectivity index (χ0n) is 15.0. The molecular formula is C19H27NO4. The van der Waals surface area contributed by atoms with Gasteiger partial charge in [-0.05, 0) is 33.3 Å². The fourth-order valence-corrected chi connectivity index (χ4v) is 2.66. The number of likely N-dealkylation sites (tertiary alicyclic amines) is 1. The Morgan fingerprint density at radius 1 is 1.12 bits per heavy atom. The van der Waals surface area contributed by atoms with Gasteiger partial charge in [-0.15, -0.1) is 0 Å². The van der Waals surface area contributed by atoms with Crippen molar-refractivity contribution in [1.29, 1.82) is 0 Å². The van der Waals surface area contributed by atoms with Crippen LogP contribution in [0.3, 0.4) is 0 Å². The molecule has 5 heteroatoms. The van der Waals surface area contributed by atoms with E-state index in [2.05, 4.69) is 0 Å². The highest BCUT2D eigenvalue weighted by Crippen LogP contribution is 2.27. The van der Waals surface area contributed by atoms with Crippen LogP contribution in [0, 0.1) is 0 Å². The molecule has 2 rings (SSSR count). The van der Waals surface area contributed by atoms with Crippen molar-refractivity contribution in [3.63, 3.8) is 0 Å². The van der Waals surface area contributed by atoms with Gasteiger partial charge < -0.3 is 14.4 Å². The van der Waals surface area contributed by atoms with Crippen LogP contribution in [-0.2, 0) is 20.7 Å². The van der Waals surface area contributed by atoms with E-state index in [0.29, 0.717) is 25.9 Å². The number of esters is 1. The topological polar surface area (TPSA) is 55.8 Å². The molecule has 0 bridgehead atoms. The summed E-state index contributed by atoms with van der Waals surface area (Å²) in [6, 6.07) is 9.55. The van der Waals surface area contributed by atoms with Crippen LogP contribution in [-0.4, -0.2) is 41.3 Å². The molecule has 1 aromatic rings. The van der Waals surface area contributed by atoms with E-state index in [-0.39, 0.29) is 18.5 Å². The van der Waals surface area contributed by atoms with E-state index in [1.54, 1.807) is 4.90 Å². The Kier molecular flexibility index (Phi) is 5.52. The molecule has 24 heavy (non-hydrogen) atoms. The maximum atomic E-state index is 12.2. The number of hydrogen-bond acceptors (Lipinski definition) is 4. The molecule has 0 radical (unpaired) electrons. The van der Waals surface area contributed by atoms with Crippen molar-refractivity contribution in [1.82, 2.24) is 4.90 Å². The molecule has 0 saturated carbocycles. The Bertz CT molecular complexity index is 569. The molecule has 5 nitrogen and oxygen atoms in total. The molecule has 0 N–H and O–H groups in total. The van der Waals surface area contributed by atoms with Crippen molar-refractivity contribution < 1.29 is 19.1 Å². The van der Waals surface area contributed by atoms with Crippen LogP contribution in [0.5, 0.6) is 0 Å². The summed E-state index contributed by atoms with van der Waals surface area (Å²) in [5.74, 6) is -0.227. The average molecular weight is 333 g/mol. The SMILES string of the molecule is CC(C)(C)OC(=O)N1CCC(C)(OC(=O)Cc2ccccc2)CC1. The lowest BCUT2D eigenvalue weighted by Crippen LogP contribution is -2.48. The van der Waals surface area contributed by atoms with E-state index in [9.17, 15) is 9.59 Å². The molecular weight excluding hydrogens is 306 g/mol. The van der Waals surface area contributed by atoms with Gasteiger partial charge in [0.15, 0.2) is 0 Å². The molecule has 1 aliphatic heterocycles. The van der Waals surface area contributed by atoms with Crippen LogP contribution in [0.25, 0.3) is 0 Å². The van der Waals surface area contributed by atoms with Crippen molar-refractivity contribution in [2.75, 3.05) is 13.1 Å². The van der Waals surface area contributed by atoms with Crippen LogP contribution < -0.4 is 0 Å². The van der Waals surface area contributed by atoms with Crippen LogP contribution in [0.4, 0.5) is 4.79 Å². The Balaban J connectivity index is 1.83. The van der Waals surface area contributed by atoms with Crippen LogP contribution in [0.15, 0.2) is 30.3 Å². The molecule has 1 fully saturated rings. The minimum absolute atomic E-state index is 0.227. The Labute approximate surface area is 143 Å². The van der Waals surface area contributed by atoms with Gasteiger partial charge in [0.2, 0.25) is 0 Å². The third-order valence-electron chi connectivity index (χ3n) is 4.02. The minimum atomic E-state index is -0.523. The third-order valence-corrected chi connectivity index (χ3v) is 4.02. The first-order chi connectivity index (χ1) is 11.2. The number of benzene rings is 1. The number of piperidine rings is 1. The molecule has 1 heterocycles. The fourth-order valence-electron chi connectivity index (χ4n) is 2.66. The van der Waals surface area contributed by atoms with Gasteiger partial charge in [-0.3, -0.25) is 4.79 Å². The van der Waals surface area contributed by atoms with Crippen LogP contribution in [0.1, 0.15) is 46.1 Å². The minimum Gasteiger partial charge on any atom is -0.459 e. The zero-order chi connectivity index (χ0) is 17.8. The lowest BCUT2D eigenvalue weighted by atomic mass is 9.93. The third kappa shape index (κ3) is 5.55. The molecule has 0 aromatic heterocycles. The summed E-state index contributed by atoms with van der Waals surface area (Å²) in [7, 11) is 0. The second-order valence-corrected chi connectivity index (χ2v) is 7.55. The predicted octanol–water partition coefficient (Wildman–Crippen LogP) is 3.56. The van der Waals surface area contributed by atoms with Crippen molar-refractivity contribution in [3.05, 3.63) is 35.9 Å². The number of ether oxygens (including phenoxy) is 2. The molecule has 132 valence electrons. The monoisotopic (exact) mass is 333 g/mol. The second kappa shape index (κ2) is 7.24. The van der Waals surface area contributed by atoms with E-state index < -0.39 is 11.2 Å². The largest absolute Gasteiger partial charge is 0.459 e. The summed E-state index contributed by atoms with van der Waals surface area (Å²) in [4.78, 5) is 25.9. The maximum Gasteiger partial charge on any atom is 0.410 e. The molecule has 0 spiro atoms. The van der Waals surface area contributed by atoms with Gasteiger partial charge in [0.25, 0.3) is 0 Å². The van der Waals surface area contributed by atoms with Crippen molar-refractivity contribution >= 4 is 12.1 Å². The molecule has 1 saturated heterocycles. The molecule has 0 aliphatic carbocycles. The predicted molar refractivity (Wildman–Crippen MR) is 91.7 cm³/mol. The van der Waals surface area contributed by atoms with E-state index in [0.717, 1.165) is 5.56 Å². The summed E-state index contributed by atoms with van der Waals surface area (Å²) in [5.41, 5.74) is -0.0815. The molecule has 1 amide bonds. The van der Waals surface area contributed by atoms with Crippen molar-refractivity contribution in [2.45, 2.75) is 58.2 Å². The smallest absolute Gasteiger partial charge is 0.410 e. The van der Waals surface area contributed by atoms with Gasteiger partial charge in [0.1, 0.15) is 11.2 Å². The van der Waals surface area contributed by atoms with Crippen LogP contribution in [0.2, 0.25) is 0 Å². The first-order valence-electron chi connectivity index (χ1n) is 8.41. The van der Waals surface area contributed by atoms with Gasteiger partial charge >= 0.3 is 12.1 Å². The highest BCUT2D eigenvalue weighted by Gasteiger charge is 2.36.